The number of amides is 1. The summed E-state index contributed by atoms with van der Waals surface area (Å²) < 4.78 is 32.1. The van der Waals surface area contributed by atoms with Gasteiger partial charge in [-0.15, -0.1) is 0 Å². The van der Waals surface area contributed by atoms with Gasteiger partial charge < -0.3 is 9.64 Å². The molecule has 2 rings (SSSR count). The average molecular weight is 368 g/mol. The van der Waals surface area contributed by atoms with Crippen LogP contribution < -0.4 is 0 Å². The first kappa shape index (κ1) is 19.9. The number of carbonyl (C=O) groups excluding carboxylic acids is 1. The minimum atomic E-state index is -3.51. The number of morpholine rings is 1. The van der Waals surface area contributed by atoms with Gasteiger partial charge in [-0.1, -0.05) is 13.8 Å². The fraction of sp³-hybridized carbons (Fsp3) is 0.611. The van der Waals surface area contributed by atoms with Crippen LogP contribution in [0.25, 0.3) is 0 Å². The van der Waals surface area contributed by atoms with Crippen LogP contribution in [-0.4, -0.2) is 61.4 Å². The SMILES string of the molecule is CCN(CC)S(=O)(=O)c1ccc(C(=O)N2CC(C)OCC2(C)C)cc1. The van der Waals surface area contributed by atoms with Gasteiger partial charge in [0.15, 0.2) is 0 Å². The van der Waals surface area contributed by atoms with E-state index in [0.29, 0.717) is 31.8 Å². The lowest BCUT2D eigenvalue weighted by Gasteiger charge is -2.44. The molecule has 1 amide bonds. The molecule has 0 radical (unpaired) electrons. The second-order valence-electron chi connectivity index (χ2n) is 6.96. The molecule has 0 aliphatic carbocycles. The zero-order valence-corrected chi connectivity index (χ0v) is 16.5. The van der Waals surface area contributed by atoms with Gasteiger partial charge in [0, 0.05) is 25.2 Å². The Bertz CT molecular complexity index is 709. The molecule has 0 bridgehead atoms. The summed E-state index contributed by atoms with van der Waals surface area (Å²) in [4.78, 5) is 14.9. The van der Waals surface area contributed by atoms with E-state index in [1.165, 1.54) is 16.4 Å². The van der Waals surface area contributed by atoms with E-state index in [9.17, 15) is 13.2 Å². The van der Waals surface area contributed by atoms with E-state index < -0.39 is 15.6 Å². The van der Waals surface area contributed by atoms with Crippen molar-refractivity contribution >= 4 is 15.9 Å². The highest BCUT2D eigenvalue weighted by Gasteiger charge is 2.37. The number of carbonyl (C=O) groups is 1. The third-order valence-electron chi connectivity index (χ3n) is 4.58. The number of hydrogen-bond donors (Lipinski definition) is 0. The normalized spacial score (nSPS) is 20.7. The van der Waals surface area contributed by atoms with Crippen LogP contribution in [0.1, 0.15) is 45.0 Å². The Morgan fingerprint density at radius 3 is 2.32 bits per heavy atom. The van der Waals surface area contributed by atoms with Crippen molar-refractivity contribution in [3.8, 4) is 0 Å². The van der Waals surface area contributed by atoms with E-state index in [1.54, 1.807) is 30.9 Å². The zero-order valence-electron chi connectivity index (χ0n) is 15.7. The molecule has 6 nitrogen and oxygen atoms in total. The Hall–Kier alpha value is -1.44. The van der Waals surface area contributed by atoms with E-state index in [4.69, 9.17) is 4.74 Å². The summed E-state index contributed by atoms with van der Waals surface area (Å²) >= 11 is 0. The maximum Gasteiger partial charge on any atom is 0.254 e. The van der Waals surface area contributed by atoms with Crippen LogP contribution in [-0.2, 0) is 14.8 Å². The molecule has 1 aliphatic rings. The summed E-state index contributed by atoms with van der Waals surface area (Å²) in [5.74, 6) is -0.105. The van der Waals surface area contributed by atoms with Crippen LogP contribution in [0, 0.1) is 0 Å². The predicted molar refractivity (Wildman–Crippen MR) is 97.1 cm³/mol. The third kappa shape index (κ3) is 4.04. The van der Waals surface area contributed by atoms with Crippen molar-refractivity contribution in [3.05, 3.63) is 29.8 Å². The standard InChI is InChI=1S/C18H28N2O4S/c1-6-19(7-2)25(22,23)16-10-8-15(9-11-16)17(21)20-12-14(3)24-13-18(20,4)5/h8-11,14H,6-7,12-13H2,1-5H3. The van der Waals surface area contributed by atoms with Crippen molar-refractivity contribution in [1.82, 2.24) is 9.21 Å². The molecule has 1 heterocycles. The third-order valence-corrected chi connectivity index (χ3v) is 6.65. The lowest BCUT2D eigenvalue weighted by molar-refractivity contribution is -0.0755. The molecule has 0 spiro atoms. The van der Waals surface area contributed by atoms with E-state index >= 15 is 0 Å². The van der Waals surface area contributed by atoms with Crippen LogP contribution in [0.3, 0.4) is 0 Å². The largest absolute Gasteiger partial charge is 0.374 e. The minimum absolute atomic E-state index is 0.0145. The number of sulfonamides is 1. The first-order valence-corrected chi connectivity index (χ1v) is 10.1. The van der Waals surface area contributed by atoms with Crippen LogP contribution in [0.5, 0.6) is 0 Å². The summed E-state index contributed by atoms with van der Waals surface area (Å²) in [6, 6.07) is 6.21. The molecule has 0 saturated carbocycles. The Morgan fingerprint density at radius 2 is 1.80 bits per heavy atom. The molecule has 1 unspecified atom stereocenters. The van der Waals surface area contributed by atoms with Crippen molar-refractivity contribution in [1.29, 1.82) is 0 Å². The highest BCUT2D eigenvalue weighted by atomic mass is 32.2. The van der Waals surface area contributed by atoms with Crippen molar-refractivity contribution in [2.24, 2.45) is 0 Å². The Kier molecular flexibility index (Phi) is 5.91. The molecule has 140 valence electrons. The molecule has 25 heavy (non-hydrogen) atoms. The number of benzene rings is 1. The van der Waals surface area contributed by atoms with Gasteiger partial charge in [-0.2, -0.15) is 4.31 Å². The molecule has 0 N–H and O–H groups in total. The van der Waals surface area contributed by atoms with Gasteiger partial charge in [0.05, 0.1) is 23.1 Å². The average Bonchev–Trinajstić information content (AvgIpc) is 2.57. The Labute approximate surface area is 150 Å². The van der Waals surface area contributed by atoms with Crippen LogP contribution >= 0.6 is 0 Å². The molecule has 1 saturated heterocycles. The van der Waals surface area contributed by atoms with Crippen molar-refractivity contribution in [2.45, 2.75) is 51.2 Å². The van der Waals surface area contributed by atoms with Crippen molar-refractivity contribution in [3.63, 3.8) is 0 Å². The first-order valence-electron chi connectivity index (χ1n) is 8.67. The lowest BCUT2D eigenvalue weighted by atomic mass is 9.99. The van der Waals surface area contributed by atoms with Gasteiger partial charge in [0.25, 0.3) is 5.91 Å². The van der Waals surface area contributed by atoms with Gasteiger partial charge >= 0.3 is 0 Å². The van der Waals surface area contributed by atoms with Gasteiger partial charge in [0.2, 0.25) is 10.0 Å². The Morgan fingerprint density at radius 1 is 1.24 bits per heavy atom. The molecule has 1 atom stereocenters. The van der Waals surface area contributed by atoms with E-state index in [1.807, 2.05) is 20.8 Å². The predicted octanol–water partition coefficient (Wildman–Crippen LogP) is 2.36. The van der Waals surface area contributed by atoms with E-state index in [-0.39, 0.29) is 16.9 Å². The van der Waals surface area contributed by atoms with Crippen LogP contribution in [0.4, 0.5) is 0 Å². The zero-order chi connectivity index (χ0) is 18.8. The molecular formula is C18H28N2O4S. The summed E-state index contributed by atoms with van der Waals surface area (Å²) in [6.45, 7) is 11.3. The highest BCUT2D eigenvalue weighted by molar-refractivity contribution is 7.89. The second kappa shape index (κ2) is 7.43. The van der Waals surface area contributed by atoms with Gasteiger partial charge in [-0.05, 0) is 45.0 Å². The number of rotatable bonds is 5. The summed E-state index contributed by atoms with van der Waals surface area (Å²) in [6.07, 6.45) is -0.0145. The molecule has 7 heteroatoms. The second-order valence-corrected chi connectivity index (χ2v) is 8.90. The highest BCUT2D eigenvalue weighted by Crippen LogP contribution is 2.25. The summed E-state index contributed by atoms with van der Waals surface area (Å²) in [5, 5.41) is 0. The monoisotopic (exact) mass is 368 g/mol. The maximum atomic E-state index is 12.9. The van der Waals surface area contributed by atoms with Crippen LogP contribution in [0.15, 0.2) is 29.2 Å². The quantitative estimate of drug-likeness (QED) is 0.800. The minimum Gasteiger partial charge on any atom is -0.374 e. The van der Waals surface area contributed by atoms with Gasteiger partial charge in [0.1, 0.15) is 0 Å². The molecular weight excluding hydrogens is 340 g/mol. The smallest absolute Gasteiger partial charge is 0.254 e. The van der Waals surface area contributed by atoms with E-state index in [2.05, 4.69) is 0 Å². The lowest BCUT2D eigenvalue weighted by Crippen LogP contribution is -2.57. The molecule has 1 aromatic rings. The summed E-state index contributed by atoms with van der Waals surface area (Å²) in [5.41, 5.74) is 0.0934. The molecule has 1 fully saturated rings. The fourth-order valence-corrected chi connectivity index (χ4v) is 4.43. The van der Waals surface area contributed by atoms with Gasteiger partial charge in [-0.25, -0.2) is 8.42 Å². The summed E-state index contributed by atoms with van der Waals surface area (Å²) in [7, 11) is -3.51. The fourth-order valence-electron chi connectivity index (χ4n) is 2.98. The molecule has 0 aromatic heterocycles. The maximum absolute atomic E-state index is 12.9. The first-order chi connectivity index (χ1) is 11.6. The Balaban J connectivity index is 2.26. The van der Waals surface area contributed by atoms with Crippen molar-refractivity contribution < 1.29 is 17.9 Å². The number of hydrogen-bond acceptors (Lipinski definition) is 4. The van der Waals surface area contributed by atoms with E-state index in [0.717, 1.165) is 0 Å². The molecule has 1 aromatic carbocycles. The topological polar surface area (TPSA) is 66.9 Å². The van der Waals surface area contributed by atoms with Crippen molar-refractivity contribution in [2.75, 3.05) is 26.2 Å². The number of ether oxygens (including phenoxy) is 1. The van der Waals surface area contributed by atoms with Gasteiger partial charge in [-0.3, -0.25) is 4.79 Å². The molecule has 1 aliphatic heterocycles. The van der Waals surface area contributed by atoms with Crippen LogP contribution in [0.2, 0.25) is 0 Å². The number of nitrogens with zero attached hydrogens (tertiary/aromatic N) is 2.